The quantitative estimate of drug-likeness (QED) is 0.168. The molecule has 2 unspecified atom stereocenters. The number of unbranched alkanes of at least 4 members (excludes halogenated alkanes) is 1. The van der Waals surface area contributed by atoms with Gasteiger partial charge in [-0.25, -0.2) is 0 Å². The zero-order valence-corrected chi connectivity index (χ0v) is 35.8. The number of nitrogens with zero attached hydrogens (tertiary/aromatic N) is 2. The van der Waals surface area contributed by atoms with Crippen LogP contribution in [0.2, 0.25) is 0 Å². The molecule has 10 rings (SSSR count). The lowest BCUT2D eigenvalue weighted by atomic mass is 9.87. The Morgan fingerprint density at radius 3 is 1.35 bits per heavy atom. The minimum atomic E-state index is -0.285. The van der Waals surface area contributed by atoms with Gasteiger partial charge in [0, 0.05) is 22.7 Å². The Balaban J connectivity index is 0.000000158. The highest BCUT2D eigenvalue weighted by Gasteiger charge is 2.35. The smallest absolute Gasteiger partial charge is 0.262 e. The Labute approximate surface area is 364 Å². The summed E-state index contributed by atoms with van der Waals surface area (Å²) in [6, 6.07) is 61.8. The summed E-state index contributed by atoms with van der Waals surface area (Å²) in [4.78, 5) is 31.0. The molecule has 0 spiro atoms. The molecule has 0 saturated carbocycles. The van der Waals surface area contributed by atoms with Gasteiger partial charge in [0.25, 0.3) is 11.8 Å². The largest absolute Gasteiger partial charge is 0.360 e. The number of hydrogen-bond acceptors (Lipinski definition) is 4. The van der Waals surface area contributed by atoms with Gasteiger partial charge in [0.1, 0.15) is 12.3 Å². The lowest BCUT2D eigenvalue weighted by Gasteiger charge is -2.38. The van der Waals surface area contributed by atoms with E-state index in [1.54, 1.807) is 0 Å². The molecule has 8 aromatic carbocycles. The van der Waals surface area contributed by atoms with Crippen LogP contribution >= 0.6 is 0 Å². The van der Waals surface area contributed by atoms with Crippen LogP contribution in [-0.2, 0) is 11.8 Å². The summed E-state index contributed by atoms with van der Waals surface area (Å²) in [6.45, 7) is 8.80. The third-order valence-corrected chi connectivity index (χ3v) is 12.1. The minimum Gasteiger partial charge on any atom is -0.360 e. The highest BCUT2D eigenvalue weighted by Crippen LogP contribution is 2.40. The summed E-state index contributed by atoms with van der Waals surface area (Å²) >= 11 is 0. The maximum atomic E-state index is 13.6. The fourth-order valence-electron chi connectivity index (χ4n) is 8.59. The summed E-state index contributed by atoms with van der Waals surface area (Å²) in [7, 11) is 0. The zero-order chi connectivity index (χ0) is 42.8. The number of rotatable bonds is 7. The Kier molecular flexibility index (Phi) is 11.1. The first-order chi connectivity index (χ1) is 30.2. The predicted octanol–water partition coefficient (Wildman–Crippen LogP) is 13.9. The normalized spacial score (nSPS) is 15.9. The zero-order valence-electron chi connectivity index (χ0n) is 35.8. The number of anilines is 4. The van der Waals surface area contributed by atoms with Crippen LogP contribution < -0.4 is 20.4 Å². The summed E-state index contributed by atoms with van der Waals surface area (Å²) in [5.41, 5.74) is 9.68. The van der Waals surface area contributed by atoms with Gasteiger partial charge in [0.15, 0.2) is 0 Å². The fraction of sp³-hybridized carbons (Fsp3) is 0.179. The lowest BCUT2D eigenvalue weighted by Crippen LogP contribution is -2.43. The highest BCUT2D eigenvalue weighted by atomic mass is 16.2. The van der Waals surface area contributed by atoms with Gasteiger partial charge in [0.05, 0.1) is 11.1 Å². The standard InChI is InChI=1S/2C28H26N2O/c1-28(2,3)22-14-16-23(17-15-22)30-26(29-25-11-7-6-10-24(25)27(30)31)21-13-12-19-8-4-5-9-20(19)18-21;1-2-3-8-20-13-17-24(18-14-20)30-27(29-26-12-7-6-11-25(26)28(30)31)23-16-15-21-9-4-5-10-22(21)19-23/h4-18,26,29H,1-3H3;4-7,9-19,27,29H,2-3,8H2,1H3. The Bertz CT molecular complexity index is 2900. The first-order valence-electron chi connectivity index (χ1n) is 21.7. The van der Waals surface area contributed by atoms with Crippen molar-refractivity contribution in [1.29, 1.82) is 0 Å². The van der Waals surface area contributed by atoms with Gasteiger partial charge in [-0.05, 0) is 123 Å². The number of hydrogen-bond donors (Lipinski definition) is 2. The second-order valence-corrected chi connectivity index (χ2v) is 17.3. The molecular formula is C56H52N4O2. The molecule has 0 radical (unpaired) electrons. The van der Waals surface area contributed by atoms with E-state index in [1.807, 2.05) is 82.6 Å². The number of nitrogens with one attached hydrogen (secondary N) is 2. The van der Waals surface area contributed by atoms with Crippen LogP contribution in [0.3, 0.4) is 0 Å². The van der Waals surface area contributed by atoms with Crippen molar-refractivity contribution in [2.75, 3.05) is 20.4 Å². The van der Waals surface area contributed by atoms with E-state index in [0.717, 1.165) is 45.7 Å². The van der Waals surface area contributed by atoms with Crippen molar-refractivity contribution >= 4 is 56.1 Å². The molecule has 6 heteroatoms. The van der Waals surface area contributed by atoms with E-state index in [0.29, 0.717) is 11.1 Å². The molecule has 0 aliphatic carbocycles. The predicted molar refractivity (Wildman–Crippen MR) is 257 cm³/mol. The molecule has 2 atom stereocenters. The van der Waals surface area contributed by atoms with E-state index >= 15 is 0 Å². The van der Waals surface area contributed by atoms with Crippen molar-refractivity contribution in [3.05, 3.63) is 215 Å². The molecule has 2 aliphatic heterocycles. The van der Waals surface area contributed by atoms with Crippen LogP contribution in [0, 0.1) is 0 Å². The first kappa shape index (κ1) is 40.2. The van der Waals surface area contributed by atoms with Gasteiger partial charge in [-0.1, -0.05) is 155 Å². The number of amides is 2. The molecule has 2 heterocycles. The first-order valence-corrected chi connectivity index (χ1v) is 21.7. The molecular weight excluding hydrogens is 761 g/mol. The molecule has 6 nitrogen and oxygen atoms in total. The molecule has 308 valence electrons. The van der Waals surface area contributed by atoms with Crippen LogP contribution in [0.25, 0.3) is 21.5 Å². The van der Waals surface area contributed by atoms with Gasteiger partial charge in [0.2, 0.25) is 0 Å². The number of para-hydroxylation sites is 2. The molecule has 2 aliphatic rings. The number of benzene rings is 8. The Morgan fingerprint density at radius 2 is 0.903 bits per heavy atom. The molecule has 0 fully saturated rings. The van der Waals surface area contributed by atoms with Crippen molar-refractivity contribution in [1.82, 2.24) is 0 Å². The second kappa shape index (κ2) is 17.1. The minimum absolute atomic E-state index is 0.0102. The van der Waals surface area contributed by atoms with Crippen LogP contribution in [0.4, 0.5) is 22.7 Å². The fourth-order valence-corrected chi connectivity index (χ4v) is 8.59. The Morgan fingerprint density at radius 1 is 0.484 bits per heavy atom. The summed E-state index contributed by atoms with van der Waals surface area (Å²) in [5.74, 6) is 0.0323. The van der Waals surface area contributed by atoms with Crippen molar-refractivity contribution in [2.45, 2.75) is 64.7 Å². The van der Waals surface area contributed by atoms with Gasteiger partial charge in [-0.2, -0.15) is 0 Å². The van der Waals surface area contributed by atoms with Crippen LogP contribution in [0.5, 0.6) is 0 Å². The number of carbonyl (C=O) groups excluding carboxylic acids is 2. The third kappa shape index (κ3) is 8.04. The number of aryl methyl sites for hydroxylation is 1. The van der Waals surface area contributed by atoms with Crippen LogP contribution in [0.15, 0.2) is 182 Å². The lowest BCUT2D eigenvalue weighted by molar-refractivity contribution is 0.0967. The second-order valence-electron chi connectivity index (χ2n) is 17.3. The summed E-state index contributed by atoms with van der Waals surface area (Å²) < 4.78 is 0. The van der Waals surface area contributed by atoms with Crippen LogP contribution in [-0.4, -0.2) is 11.8 Å². The monoisotopic (exact) mass is 812 g/mol. The van der Waals surface area contributed by atoms with Crippen LogP contribution in [0.1, 0.15) is 95.8 Å². The molecule has 0 bridgehead atoms. The number of carbonyl (C=O) groups is 2. The maximum absolute atomic E-state index is 13.6. The molecule has 8 aromatic rings. The average molecular weight is 813 g/mol. The van der Waals surface area contributed by atoms with E-state index in [-0.39, 0.29) is 29.6 Å². The van der Waals surface area contributed by atoms with Crippen molar-refractivity contribution in [3.63, 3.8) is 0 Å². The van der Waals surface area contributed by atoms with E-state index in [9.17, 15) is 9.59 Å². The summed E-state index contributed by atoms with van der Waals surface area (Å²) in [5, 5.41) is 11.9. The number of fused-ring (bicyclic) bond motifs is 4. The topological polar surface area (TPSA) is 64.7 Å². The van der Waals surface area contributed by atoms with E-state index in [2.05, 4.69) is 148 Å². The SMILES string of the molecule is CC(C)(C)c1ccc(N2C(=O)c3ccccc3NC2c2ccc3ccccc3c2)cc1.CCCCc1ccc(N2C(=O)c3ccccc3NC2c2ccc3ccccc3c2)cc1. The van der Waals surface area contributed by atoms with Gasteiger partial charge in [-0.15, -0.1) is 0 Å². The molecule has 62 heavy (non-hydrogen) atoms. The van der Waals surface area contributed by atoms with Gasteiger partial charge < -0.3 is 10.6 Å². The van der Waals surface area contributed by atoms with E-state index in [4.69, 9.17) is 0 Å². The maximum Gasteiger partial charge on any atom is 0.262 e. The average Bonchev–Trinajstić information content (AvgIpc) is 3.31. The molecule has 0 saturated heterocycles. The molecule has 0 aromatic heterocycles. The van der Waals surface area contributed by atoms with Gasteiger partial charge >= 0.3 is 0 Å². The van der Waals surface area contributed by atoms with E-state index in [1.165, 1.54) is 40.1 Å². The summed E-state index contributed by atoms with van der Waals surface area (Å²) in [6.07, 6.45) is 2.87. The van der Waals surface area contributed by atoms with Gasteiger partial charge in [-0.3, -0.25) is 19.4 Å². The third-order valence-electron chi connectivity index (χ3n) is 12.1. The van der Waals surface area contributed by atoms with E-state index < -0.39 is 0 Å². The van der Waals surface area contributed by atoms with Crippen molar-refractivity contribution < 1.29 is 9.59 Å². The van der Waals surface area contributed by atoms with Crippen molar-refractivity contribution in [3.8, 4) is 0 Å². The molecule has 2 N–H and O–H groups in total. The Hall–Kier alpha value is -7.18. The van der Waals surface area contributed by atoms with Crippen molar-refractivity contribution in [2.24, 2.45) is 0 Å². The molecule has 2 amide bonds. The highest BCUT2D eigenvalue weighted by molar-refractivity contribution is 6.13.